The Morgan fingerprint density at radius 2 is 2.38 bits per heavy atom. The lowest BCUT2D eigenvalue weighted by molar-refractivity contribution is -0.117. The standard InChI is InChI=1S/C17H19N3O3S/c21-16(8-13-9-22-6-4-18-13)20-17-19-14(10-24-17)11-1-2-15-12(7-11)3-5-23-15/h1-2,7,10,13,18H,3-6,8-9H2,(H,19,20,21). The van der Waals surface area contributed by atoms with Gasteiger partial charge in [-0.1, -0.05) is 0 Å². The molecule has 7 heteroatoms. The van der Waals surface area contributed by atoms with Crippen molar-refractivity contribution in [2.75, 3.05) is 31.7 Å². The first kappa shape index (κ1) is 15.6. The number of fused-ring (bicyclic) bond motifs is 1. The van der Waals surface area contributed by atoms with Gasteiger partial charge in [-0.3, -0.25) is 4.79 Å². The minimum Gasteiger partial charge on any atom is -0.493 e. The van der Waals surface area contributed by atoms with Gasteiger partial charge in [-0.15, -0.1) is 11.3 Å². The van der Waals surface area contributed by atoms with E-state index in [0.717, 1.165) is 36.6 Å². The Bertz CT molecular complexity index is 740. The van der Waals surface area contributed by atoms with E-state index in [1.165, 1.54) is 16.9 Å². The maximum Gasteiger partial charge on any atom is 0.227 e. The topological polar surface area (TPSA) is 72.5 Å². The van der Waals surface area contributed by atoms with Gasteiger partial charge in [0.05, 0.1) is 25.5 Å². The highest BCUT2D eigenvalue weighted by Crippen LogP contribution is 2.31. The zero-order valence-corrected chi connectivity index (χ0v) is 14.0. The fourth-order valence-corrected chi connectivity index (χ4v) is 3.69. The van der Waals surface area contributed by atoms with E-state index in [9.17, 15) is 4.79 Å². The van der Waals surface area contributed by atoms with Gasteiger partial charge in [-0.2, -0.15) is 0 Å². The van der Waals surface area contributed by atoms with Crippen molar-refractivity contribution >= 4 is 22.4 Å². The maximum absolute atomic E-state index is 12.1. The first-order chi connectivity index (χ1) is 11.8. The van der Waals surface area contributed by atoms with Crippen LogP contribution in [0.3, 0.4) is 0 Å². The van der Waals surface area contributed by atoms with E-state index in [2.05, 4.69) is 21.7 Å². The minimum absolute atomic E-state index is 0.0405. The second-order valence-corrected chi connectivity index (χ2v) is 6.80. The van der Waals surface area contributed by atoms with Crippen molar-refractivity contribution in [3.8, 4) is 17.0 Å². The number of carbonyl (C=O) groups is 1. The Hall–Kier alpha value is -1.96. The fraction of sp³-hybridized carbons (Fsp3) is 0.412. The number of anilines is 1. The lowest BCUT2D eigenvalue weighted by Gasteiger charge is -2.22. The molecule has 6 nitrogen and oxygen atoms in total. The lowest BCUT2D eigenvalue weighted by atomic mass is 10.1. The van der Waals surface area contributed by atoms with E-state index in [1.807, 2.05) is 17.5 Å². The van der Waals surface area contributed by atoms with Crippen LogP contribution >= 0.6 is 11.3 Å². The molecule has 1 saturated heterocycles. The molecule has 0 radical (unpaired) electrons. The third-order valence-electron chi connectivity index (χ3n) is 4.17. The Morgan fingerprint density at radius 3 is 3.25 bits per heavy atom. The Kier molecular flexibility index (Phi) is 4.46. The van der Waals surface area contributed by atoms with Crippen LogP contribution in [-0.4, -0.2) is 43.3 Å². The summed E-state index contributed by atoms with van der Waals surface area (Å²) < 4.78 is 10.9. The third-order valence-corrected chi connectivity index (χ3v) is 4.92. The van der Waals surface area contributed by atoms with Crippen LogP contribution in [0.5, 0.6) is 5.75 Å². The summed E-state index contributed by atoms with van der Waals surface area (Å²) in [7, 11) is 0. The summed E-state index contributed by atoms with van der Waals surface area (Å²) in [5, 5.41) is 8.75. The maximum atomic E-state index is 12.1. The van der Waals surface area contributed by atoms with Gasteiger partial charge in [0, 0.05) is 36.4 Å². The molecule has 3 heterocycles. The lowest BCUT2D eigenvalue weighted by Crippen LogP contribution is -2.43. The van der Waals surface area contributed by atoms with Crippen molar-refractivity contribution in [2.45, 2.75) is 18.9 Å². The molecule has 4 rings (SSSR count). The molecule has 2 N–H and O–H groups in total. The number of hydrogen-bond acceptors (Lipinski definition) is 6. The van der Waals surface area contributed by atoms with Crippen molar-refractivity contribution in [2.24, 2.45) is 0 Å². The smallest absolute Gasteiger partial charge is 0.227 e. The van der Waals surface area contributed by atoms with E-state index >= 15 is 0 Å². The molecule has 1 amide bonds. The molecule has 0 bridgehead atoms. The number of rotatable bonds is 4. The highest BCUT2D eigenvalue weighted by Gasteiger charge is 2.18. The van der Waals surface area contributed by atoms with Crippen LogP contribution in [0.4, 0.5) is 5.13 Å². The number of nitrogens with zero attached hydrogens (tertiary/aromatic N) is 1. The summed E-state index contributed by atoms with van der Waals surface area (Å²) in [6, 6.07) is 6.19. The number of carbonyl (C=O) groups excluding carboxylic acids is 1. The molecule has 24 heavy (non-hydrogen) atoms. The quantitative estimate of drug-likeness (QED) is 0.887. The first-order valence-corrected chi connectivity index (χ1v) is 8.98. The number of thiazole rings is 1. The number of ether oxygens (including phenoxy) is 2. The number of amides is 1. The number of aromatic nitrogens is 1. The summed E-state index contributed by atoms with van der Waals surface area (Å²) in [6.07, 6.45) is 1.33. The van der Waals surface area contributed by atoms with Crippen LogP contribution in [0, 0.1) is 0 Å². The van der Waals surface area contributed by atoms with Crippen LogP contribution < -0.4 is 15.4 Å². The molecular weight excluding hydrogens is 326 g/mol. The molecule has 0 spiro atoms. The number of morpholine rings is 1. The van der Waals surface area contributed by atoms with Crippen molar-refractivity contribution < 1.29 is 14.3 Å². The van der Waals surface area contributed by atoms with Gasteiger partial charge in [0.15, 0.2) is 5.13 Å². The van der Waals surface area contributed by atoms with Crippen molar-refractivity contribution in [1.82, 2.24) is 10.3 Å². The molecule has 1 aromatic heterocycles. The molecule has 0 saturated carbocycles. The third kappa shape index (κ3) is 3.43. The molecule has 1 unspecified atom stereocenters. The predicted molar refractivity (Wildman–Crippen MR) is 92.6 cm³/mol. The van der Waals surface area contributed by atoms with E-state index < -0.39 is 0 Å². The van der Waals surface area contributed by atoms with Gasteiger partial charge < -0.3 is 20.1 Å². The van der Waals surface area contributed by atoms with Gasteiger partial charge in [0.2, 0.25) is 5.91 Å². The highest BCUT2D eigenvalue weighted by molar-refractivity contribution is 7.14. The molecule has 1 aromatic carbocycles. The largest absolute Gasteiger partial charge is 0.493 e. The second-order valence-electron chi connectivity index (χ2n) is 5.94. The predicted octanol–water partition coefficient (Wildman–Crippen LogP) is 2.06. The van der Waals surface area contributed by atoms with Crippen LogP contribution in [0.1, 0.15) is 12.0 Å². The molecule has 2 aliphatic heterocycles. The van der Waals surface area contributed by atoms with Crippen molar-refractivity contribution in [3.63, 3.8) is 0 Å². The monoisotopic (exact) mass is 345 g/mol. The molecule has 2 aliphatic rings. The zero-order chi connectivity index (χ0) is 16.4. The number of benzene rings is 1. The van der Waals surface area contributed by atoms with Gasteiger partial charge in [-0.05, 0) is 23.8 Å². The molecule has 1 atom stereocenters. The molecule has 1 fully saturated rings. The average molecular weight is 345 g/mol. The van der Waals surface area contributed by atoms with Crippen LogP contribution in [0.2, 0.25) is 0 Å². The van der Waals surface area contributed by atoms with Gasteiger partial charge >= 0.3 is 0 Å². The summed E-state index contributed by atoms with van der Waals surface area (Å²) in [6.45, 7) is 2.82. The van der Waals surface area contributed by atoms with Gasteiger partial charge in [-0.25, -0.2) is 4.98 Å². The number of hydrogen-bond donors (Lipinski definition) is 2. The van der Waals surface area contributed by atoms with E-state index in [0.29, 0.717) is 24.8 Å². The SMILES string of the molecule is O=C(CC1COCCN1)Nc1nc(-c2ccc3c(c2)CCO3)cs1. The van der Waals surface area contributed by atoms with Gasteiger partial charge in [0.1, 0.15) is 5.75 Å². The van der Waals surface area contributed by atoms with Crippen LogP contribution in [0.25, 0.3) is 11.3 Å². The summed E-state index contributed by atoms with van der Waals surface area (Å²) in [5.41, 5.74) is 3.15. The summed E-state index contributed by atoms with van der Waals surface area (Å²) in [4.78, 5) is 16.7. The van der Waals surface area contributed by atoms with Crippen LogP contribution in [-0.2, 0) is 16.0 Å². The second kappa shape index (κ2) is 6.88. The summed E-state index contributed by atoms with van der Waals surface area (Å²) >= 11 is 1.44. The first-order valence-electron chi connectivity index (χ1n) is 8.10. The highest BCUT2D eigenvalue weighted by atomic mass is 32.1. The minimum atomic E-state index is -0.0405. The molecule has 126 valence electrons. The molecular formula is C17H19N3O3S. The Balaban J connectivity index is 1.40. The fourth-order valence-electron chi connectivity index (χ4n) is 2.95. The van der Waals surface area contributed by atoms with E-state index in [1.54, 1.807) is 0 Å². The van der Waals surface area contributed by atoms with Crippen molar-refractivity contribution in [3.05, 3.63) is 29.1 Å². The van der Waals surface area contributed by atoms with E-state index in [-0.39, 0.29) is 11.9 Å². The Morgan fingerprint density at radius 1 is 1.42 bits per heavy atom. The molecule has 0 aliphatic carbocycles. The molecule has 2 aromatic rings. The Labute approximate surface area is 144 Å². The average Bonchev–Trinajstić information content (AvgIpc) is 3.24. The zero-order valence-electron chi connectivity index (χ0n) is 13.2. The van der Waals surface area contributed by atoms with Crippen molar-refractivity contribution in [1.29, 1.82) is 0 Å². The van der Waals surface area contributed by atoms with E-state index in [4.69, 9.17) is 9.47 Å². The normalized spacial score (nSPS) is 19.6. The van der Waals surface area contributed by atoms with Gasteiger partial charge in [0.25, 0.3) is 0 Å². The number of nitrogens with one attached hydrogen (secondary N) is 2. The summed E-state index contributed by atoms with van der Waals surface area (Å²) in [5.74, 6) is 0.922. The van der Waals surface area contributed by atoms with Crippen LogP contribution in [0.15, 0.2) is 23.6 Å².